The second-order valence-electron chi connectivity index (χ2n) is 3.35. The zero-order valence-electron chi connectivity index (χ0n) is 8.07. The molecule has 1 amide bonds. The summed E-state index contributed by atoms with van der Waals surface area (Å²) in [4.78, 5) is 15.6. The minimum atomic E-state index is -0.301. The molecule has 2 heterocycles. The van der Waals surface area contributed by atoms with E-state index in [0.29, 0.717) is 6.61 Å². The van der Waals surface area contributed by atoms with Crippen LogP contribution in [-0.2, 0) is 9.53 Å². The van der Waals surface area contributed by atoms with Gasteiger partial charge in [-0.1, -0.05) is 0 Å². The van der Waals surface area contributed by atoms with Crippen molar-refractivity contribution in [3.63, 3.8) is 0 Å². The van der Waals surface area contributed by atoms with Crippen LogP contribution in [-0.4, -0.2) is 23.6 Å². The van der Waals surface area contributed by atoms with E-state index in [1.807, 2.05) is 0 Å². The lowest BCUT2D eigenvalue weighted by molar-refractivity contribution is -0.124. The molecule has 0 aliphatic carbocycles. The molecule has 1 atom stereocenters. The van der Waals surface area contributed by atoms with Gasteiger partial charge in [0.25, 0.3) is 5.91 Å². The van der Waals surface area contributed by atoms with Gasteiger partial charge < -0.3 is 10.1 Å². The maximum absolute atomic E-state index is 11.7. The van der Waals surface area contributed by atoms with Crippen molar-refractivity contribution >= 4 is 27.5 Å². The van der Waals surface area contributed by atoms with Crippen molar-refractivity contribution < 1.29 is 9.53 Å². The van der Waals surface area contributed by atoms with Crippen LogP contribution in [0.3, 0.4) is 0 Å². The largest absolute Gasteiger partial charge is 0.368 e. The summed E-state index contributed by atoms with van der Waals surface area (Å²) in [5.41, 5.74) is 0.727. The van der Waals surface area contributed by atoms with Crippen LogP contribution < -0.4 is 5.32 Å². The lowest BCUT2D eigenvalue weighted by atomic mass is 10.2. The quantitative estimate of drug-likeness (QED) is 0.894. The first-order valence-electron chi connectivity index (χ1n) is 4.79. The third kappa shape index (κ3) is 2.54. The number of carbonyl (C=O) groups is 1. The fraction of sp³-hybridized carbons (Fsp3) is 0.400. The number of anilines is 1. The van der Waals surface area contributed by atoms with Gasteiger partial charge in [-0.05, 0) is 34.8 Å². The number of hydrogen-bond acceptors (Lipinski definition) is 3. The van der Waals surface area contributed by atoms with Crippen LogP contribution in [0.4, 0.5) is 5.69 Å². The first-order chi connectivity index (χ1) is 7.27. The van der Waals surface area contributed by atoms with E-state index in [4.69, 9.17) is 4.74 Å². The fourth-order valence-electron chi connectivity index (χ4n) is 1.47. The number of ether oxygens (including phenoxy) is 1. The summed E-state index contributed by atoms with van der Waals surface area (Å²) < 4.78 is 6.06. The summed E-state index contributed by atoms with van der Waals surface area (Å²) in [5, 5.41) is 2.80. The Balaban J connectivity index is 2.02. The third-order valence-corrected chi connectivity index (χ3v) is 2.88. The van der Waals surface area contributed by atoms with E-state index in [2.05, 4.69) is 26.2 Å². The highest BCUT2D eigenvalue weighted by Gasteiger charge is 2.23. The molecule has 1 aromatic heterocycles. The molecule has 1 saturated heterocycles. The highest BCUT2D eigenvalue weighted by atomic mass is 79.9. The number of nitrogens with one attached hydrogen (secondary N) is 1. The van der Waals surface area contributed by atoms with Crippen molar-refractivity contribution in [3.05, 3.63) is 22.9 Å². The summed E-state index contributed by atoms with van der Waals surface area (Å²) >= 11 is 3.32. The topological polar surface area (TPSA) is 51.2 Å². The van der Waals surface area contributed by atoms with Gasteiger partial charge in [-0.25, -0.2) is 0 Å². The lowest BCUT2D eigenvalue weighted by Crippen LogP contribution is -2.26. The van der Waals surface area contributed by atoms with Crippen LogP contribution in [0.25, 0.3) is 0 Å². The van der Waals surface area contributed by atoms with Gasteiger partial charge >= 0.3 is 0 Å². The Morgan fingerprint density at radius 3 is 3.20 bits per heavy atom. The molecular weight excluding hydrogens is 260 g/mol. The first kappa shape index (κ1) is 10.6. The molecule has 0 spiro atoms. The average Bonchev–Trinajstić information content (AvgIpc) is 2.74. The summed E-state index contributed by atoms with van der Waals surface area (Å²) in [6.45, 7) is 0.676. The van der Waals surface area contributed by atoms with Crippen LogP contribution in [0.2, 0.25) is 0 Å². The molecule has 0 bridgehead atoms. The van der Waals surface area contributed by atoms with Gasteiger partial charge in [-0.3, -0.25) is 9.78 Å². The van der Waals surface area contributed by atoms with Crippen LogP contribution in [0.1, 0.15) is 12.8 Å². The number of amides is 1. The Bertz CT molecular complexity index is 364. The van der Waals surface area contributed by atoms with Crippen LogP contribution in [0.5, 0.6) is 0 Å². The Labute approximate surface area is 96.2 Å². The van der Waals surface area contributed by atoms with E-state index >= 15 is 0 Å². The zero-order valence-corrected chi connectivity index (χ0v) is 9.66. The maximum atomic E-state index is 11.7. The van der Waals surface area contributed by atoms with Crippen molar-refractivity contribution in [1.82, 2.24) is 4.98 Å². The molecule has 80 valence electrons. The van der Waals surface area contributed by atoms with Gasteiger partial charge in [0, 0.05) is 19.0 Å². The molecule has 1 N–H and O–H groups in total. The molecule has 1 aliphatic rings. The number of nitrogens with zero attached hydrogens (tertiary/aromatic N) is 1. The molecule has 1 aliphatic heterocycles. The van der Waals surface area contributed by atoms with E-state index in [1.165, 1.54) is 0 Å². The predicted molar refractivity (Wildman–Crippen MR) is 59.5 cm³/mol. The van der Waals surface area contributed by atoms with Gasteiger partial charge in [0.1, 0.15) is 6.10 Å². The van der Waals surface area contributed by atoms with Crippen molar-refractivity contribution in [2.45, 2.75) is 18.9 Å². The average molecular weight is 271 g/mol. The predicted octanol–water partition coefficient (Wildman–Crippen LogP) is 1.96. The second kappa shape index (κ2) is 4.72. The Morgan fingerprint density at radius 2 is 2.53 bits per heavy atom. The zero-order chi connectivity index (χ0) is 10.7. The van der Waals surface area contributed by atoms with E-state index in [-0.39, 0.29) is 12.0 Å². The number of pyridine rings is 1. The van der Waals surface area contributed by atoms with E-state index in [0.717, 1.165) is 23.0 Å². The first-order valence-corrected chi connectivity index (χ1v) is 5.58. The number of aromatic nitrogens is 1. The molecule has 0 aromatic carbocycles. The molecule has 2 rings (SSSR count). The smallest absolute Gasteiger partial charge is 0.253 e. The monoisotopic (exact) mass is 270 g/mol. The molecule has 1 fully saturated rings. The molecule has 0 radical (unpaired) electrons. The second-order valence-corrected chi connectivity index (χ2v) is 4.20. The van der Waals surface area contributed by atoms with Crippen molar-refractivity contribution in [2.75, 3.05) is 11.9 Å². The van der Waals surface area contributed by atoms with E-state index in [1.54, 1.807) is 18.5 Å². The van der Waals surface area contributed by atoms with Crippen LogP contribution in [0, 0.1) is 0 Å². The van der Waals surface area contributed by atoms with Crippen molar-refractivity contribution in [1.29, 1.82) is 0 Å². The minimum Gasteiger partial charge on any atom is -0.368 e. The van der Waals surface area contributed by atoms with Gasteiger partial charge in [0.2, 0.25) is 0 Å². The summed E-state index contributed by atoms with van der Waals surface area (Å²) in [5.74, 6) is -0.0839. The normalized spacial score (nSPS) is 20.2. The highest BCUT2D eigenvalue weighted by Crippen LogP contribution is 2.21. The summed E-state index contributed by atoms with van der Waals surface area (Å²) in [7, 11) is 0. The molecule has 4 nitrogen and oxygen atoms in total. The molecule has 1 unspecified atom stereocenters. The maximum Gasteiger partial charge on any atom is 0.253 e. The van der Waals surface area contributed by atoms with Gasteiger partial charge in [-0.2, -0.15) is 0 Å². The molecule has 0 saturated carbocycles. The van der Waals surface area contributed by atoms with Gasteiger partial charge in [-0.15, -0.1) is 0 Å². The van der Waals surface area contributed by atoms with Crippen LogP contribution >= 0.6 is 15.9 Å². The summed E-state index contributed by atoms with van der Waals surface area (Å²) in [6, 6.07) is 1.75. The van der Waals surface area contributed by atoms with Gasteiger partial charge in [0.05, 0.1) is 10.2 Å². The Kier molecular flexibility index (Phi) is 3.33. The molecule has 1 aromatic rings. The molecule has 15 heavy (non-hydrogen) atoms. The Hall–Kier alpha value is -0.940. The number of carbonyl (C=O) groups excluding carboxylic acids is 1. The van der Waals surface area contributed by atoms with Crippen LogP contribution in [0.15, 0.2) is 22.9 Å². The summed E-state index contributed by atoms with van der Waals surface area (Å²) in [6.07, 6.45) is 4.73. The van der Waals surface area contributed by atoms with Crippen molar-refractivity contribution in [2.24, 2.45) is 0 Å². The van der Waals surface area contributed by atoms with Crippen molar-refractivity contribution in [3.8, 4) is 0 Å². The molecular formula is C10H11BrN2O2. The molecule has 5 heteroatoms. The highest BCUT2D eigenvalue weighted by molar-refractivity contribution is 9.10. The lowest BCUT2D eigenvalue weighted by Gasteiger charge is -2.10. The number of hydrogen-bond donors (Lipinski definition) is 1. The standard InChI is InChI=1S/C10H11BrN2O2/c11-7-6-12-4-3-8(7)13-10(14)9-2-1-5-15-9/h3-4,6,9H,1-2,5H2,(H,12,13,14). The number of rotatable bonds is 2. The third-order valence-electron chi connectivity index (χ3n) is 2.25. The van der Waals surface area contributed by atoms with E-state index < -0.39 is 0 Å². The minimum absolute atomic E-state index is 0.0839. The number of halogens is 1. The SMILES string of the molecule is O=C(Nc1ccncc1Br)C1CCCO1. The Morgan fingerprint density at radius 1 is 1.67 bits per heavy atom. The van der Waals surface area contributed by atoms with Gasteiger partial charge in [0.15, 0.2) is 0 Å². The fourth-order valence-corrected chi connectivity index (χ4v) is 1.82. The van der Waals surface area contributed by atoms with E-state index in [9.17, 15) is 4.79 Å².